The van der Waals surface area contributed by atoms with Crippen LogP contribution in [0.4, 0.5) is 0 Å². The minimum atomic E-state index is -4.55. The van der Waals surface area contributed by atoms with E-state index >= 15 is 0 Å². The Morgan fingerprint density at radius 2 is 1.93 bits per heavy atom. The Balaban J connectivity index is 2.05. The molecule has 0 unspecified atom stereocenters. The number of hydrogen-bond donors (Lipinski definition) is 4. The molecule has 2 aromatic carbocycles. The van der Waals surface area contributed by atoms with Crippen molar-refractivity contribution < 1.29 is 24.0 Å². The number of hydrogen-bond acceptors (Lipinski definition) is 5. The lowest BCUT2D eigenvalue weighted by atomic mass is 9.95. The van der Waals surface area contributed by atoms with E-state index in [1.807, 2.05) is 30.3 Å². The van der Waals surface area contributed by atoms with Crippen molar-refractivity contribution in [1.82, 2.24) is 0 Å². The molecule has 0 aromatic heterocycles. The molecule has 0 aliphatic rings. The average Bonchev–Trinajstić information content (AvgIpc) is 2.60. The summed E-state index contributed by atoms with van der Waals surface area (Å²) in [6.45, 7) is 5.62. The number of benzene rings is 2. The van der Waals surface area contributed by atoms with E-state index in [0.717, 1.165) is 20.9 Å². The Morgan fingerprint density at radius 3 is 2.52 bits per heavy atom. The highest BCUT2D eigenvalue weighted by molar-refractivity contribution is 7.99. The van der Waals surface area contributed by atoms with Crippen LogP contribution in [-0.2, 0) is 15.5 Å². The van der Waals surface area contributed by atoms with Gasteiger partial charge in [-0.1, -0.05) is 49.3 Å². The number of aryl methyl sites for hydroxylation is 1. The van der Waals surface area contributed by atoms with E-state index in [1.54, 1.807) is 13.0 Å². The SMILES string of the molecule is CC(C)c1ccc(O)c(Sc2ccc(CC[C@](C)(N)COP(=O)(O)O)c(Cl)c2)c1. The van der Waals surface area contributed by atoms with Gasteiger partial charge in [0.25, 0.3) is 0 Å². The van der Waals surface area contributed by atoms with Gasteiger partial charge in [0.05, 0.1) is 11.5 Å². The number of phosphoric ester groups is 1. The van der Waals surface area contributed by atoms with Gasteiger partial charge in [-0.15, -0.1) is 0 Å². The maximum Gasteiger partial charge on any atom is 0.469 e. The van der Waals surface area contributed by atoms with Crippen LogP contribution in [0.5, 0.6) is 5.75 Å². The summed E-state index contributed by atoms with van der Waals surface area (Å²) in [5.74, 6) is 0.588. The van der Waals surface area contributed by atoms with Gasteiger partial charge < -0.3 is 20.6 Å². The van der Waals surface area contributed by atoms with Gasteiger partial charge in [-0.2, -0.15) is 0 Å². The lowest BCUT2D eigenvalue weighted by Crippen LogP contribution is -2.41. The van der Waals surface area contributed by atoms with Gasteiger partial charge >= 0.3 is 7.82 Å². The molecular formula is C20H27ClNO5PS. The Hall–Kier alpha value is -1.05. The molecule has 2 rings (SSSR count). The third kappa shape index (κ3) is 7.95. The Morgan fingerprint density at radius 1 is 1.24 bits per heavy atom. The molecule has 0 heterocycles. The standard InChI is InChI=1S/C20H27ClNO5PS/c1-13(2)15-5-7-18(23)19(10-15)29-16-6-4-14(17(21)11-16)8-9-20(3,22)12-27-28(24,25)26/h4-7,10-11,13,23H,8-9,12,22H2,1-3H3,(H2,24,25,26)/t20-/m0/s1. The number of phenols is 1. The number of phenolic OH excluding ortho intramolecular Hbond substituents is 1. The quantitative estimate of drug-likeness (QED) is 0.387. The minimum Gasteiger partial charge on any atom is -0.507 e. The molecule has 0 spiro atoms. The van der Waals surface area contributed by atoms with E-state index in [4.69, 9.17) is 27.1 Å². The number of rotatable bonds is 9. The summed E-state index contributed by atoms with van der Waals surface area (Å²) < 4.78 is 15.4. The van der Waals surface area contributed by atoms with E-state index in [0.29, 0.717) is 23.8 Å². The molecule has 0 saturated carbocycles. The molecule has 9 heteroatoms. The van der Waals surface area contributed by atoms with Gasteiger partial charge in [0.2, 0.25) is 0 Å². The number of nitrogens with two attached hydrogens (primary N) is 1. The Labute approximate surface area is 180 Å². The van der Waals surface area contributed by atoms with Crippen molar-refractivity contribution in [3.05, 3.63) is 52.5 Å². The van der Waals surface area contributed by atoms with E-state index in [1.165, 1.54) is 11.8 Å². The second-order valence-corrected chi connectivity index (χ2v) is 10.4. The molecule has 0 amide bonds. The molecular weight excluding hydrogens is 433 g/mol. The first-order valence-corrected chi connectivity index (χ1v) is 11.9. The summed E-state index contributed by atoms with van der Waals surface area (Å²) in [4.78, 5) is 19.3. The molecule has 1 atom stereocenters. The van der Waals surface area contributed by atoms with Crippen LogP contribution in [0.25, 0.3) is 0 Å². The fourth-order valence-electron chi connectivity index (χ4n) is 2.62. The summed E-state index contributed by atoms with van der Waals surface area (Å²) in [7, 11) is -4.55. The van der Waals surface area contributed by atoms with Crippen LogP contribution in [0.2, 0.25) is 5.02 Å². The molecule has 6 nitrogen and oxygen atoms in total. The fraction of sp³-hybridized carbons (Fsp3) is 0.400. The highest BCUT2D eigenvalue weighted by atomic mass is 35.5. The normalized spacial score (nSPS) is 14.2. The molecule has 0 radical (unpaired) electrons. The van der Waals surface area contributed by atoms with Crippen LogP contribution >= 0.6 is 31.2 Å². The van der Waals surface area contributed by atoms with E-state index in [9.17, 15) is 9.67 Å². The second kappa shape index (κ2) is 9.84. The molecule has 160 valence electrons. The van der Waals surface area contributed by atoms with Gasteiger partial charge in [-0.25, -0.2) is 4.57 Å². The molecule has 5 N–H and O–H groups in total. The second-order valence-electron chi connectivity index (χ2n) is 7.66. The van der Waals surface area contributed by atoms with Crippen LogP contribution < -0.4 is 5.73 Å². The minimum absolute atomic E-state index is 0.226. The maximum atomic E-state index is 10.9. The van der Waals surface area contributed by atoms with Crippen molar-refractivity contribution >= 4 is 31.2 Å². The van der Waals surface area contributed by atoms with Gasteiger partial charge in [0.1, 0.15) is 5.75 Å². The molecule has 0 aliphatic heterocycles. The zero-order valence-corrected chi connectivity index (χ0v) is 19.1. The van der Waals surface area contributed by atoms with Crippen LogP contribution in [0, 0.1) is 0 Å². The summed E-state index contributed by atoms with van der Waals surface area (Å²) in [6.07, 6.45) is 0.978. The van der Waals surface area contributed by atoms with Crippen molar-refractivity contribution in [3.63, 3.8) is 0 Å². The van der Waals surface area contributed by atoms with Crippen LogP contribution in [0.1, 0.15) is 44.2 Å². The van der Waals surface area contributed by atoms with E-state index < -0.39 is 13.4 Å². The highest BCUT2D eigenvalue weighted by Crippen LogP contribution is 2.39. The summed E-state index contributed by atoms with van der Waals surface area (Å²) in [5.41, 5.74) is 7.19. The van der Waals surface area contributed by atoms with Gasteiger partial charge in [0, 0.05) is 15.5 Å². The molecule has 0 aliphatic carbocycles. The van der Waals surface area contributed by atoms with Crippen molar-refractivity contribution in [2.45, 2.75) is 54.9 Å². The highest BCUT2D eigenvalue weighted by Gasteiger charge is 2.24. The molecule has 29 heavy (non-hydrogen) atoms. The summed E-state index contributed by atoms with van der Waals surface area (Å²) >= 11 is 7.86. The lowest BCUT2D eigenvalue weighted by Gasteiger charge is -2.24. The molecule has 0 bridgehead atoms. The smallest absolute Gasteiger partial charge is 0.469 e. The van der Waals surface area contributed by atoms with Gasteiger partial charge in [-0.3, -0.25) is 4.52 Å². The van der Waals surface area contributed by atoms with Crippen LogP contribution in [0.3, 0.4) is 0 Å². The van der Waals surface area contributed by atoms with Crippen molar-refractivity contribution in [1.29, 1.82) is 0 Å². The van der Waals surface area contributed by atoms with Crippen molar-refractivity contribution in [2.75, 3.05) is 6.61 Å². The zero-order valence-electron chi connectivity index (χ0n) is 16.6. The van der Waals surface area contributed by atoms with Gasteiger partial charge in [-0.05, 0) is 61.1 Å². The first-order valence-electron chi connectivity index (χ1n) is 9.14. The Kier molecular flexibility index (Phi) is 8.22. The van der Waals surface area contributed by atoms with Crippen molar-refractivity contribution in [2.24, 2.45) is 5.73 Å². The number of aromatic hydroxyl groups is 1. The lowest BCUT2D eigenvalue weighted by molar-refractivity contribution is 0.154. The van der Waals surface area contributed by atoms with Crippen molar-refractivity contribution in [3.8, 4) is 5.75 Å². The predicted molar refractivity (Wildman–Crippen MR) is 117 cm³/mol. The number of phosphoric acid groups is 1. The molecule has 2 aromatic rings. The molecule has 0 saturated heterocycles. The average molecular weight is 460 g/mol. The first kappa shape index (κ1) is 24.2. The summed E-state index contributed by atoms with van der Waals surface area (Å²) in [6, 6.07) is 11.3. The predicted octanol–water partition coefficient (Wildman–Crippen LogP) is 5.08. The van der Waals surface area contributed by atoms with E-state index in [-0.39, 0.29) is 12.4 Å². The maximum absolute atomic E-state index is 10.9. The molecule has 0 fully saturated rings. The van der Waals surface area contributed by atoms with Crippen LogP contribution in [0.15, 0.2) is 46.2 Å². The third-order valence-corrected chi connectivity index (χ3v) is 6.28. The topological polar surface area (TPSA) is 113 Å². The Bertz CT molecular complexity index is 900. The van der Waals surface area contributed by atoms with Crippen LogP contribution in [-0.4, -0.2) is 27.0 Å². The zero-order chi connectivity index (χ0) is 21.8. The largest absolute Gasteiger partial charge is 0.507 e. The summed E-state index contributed by atoms with van der Waals surface area (Å²) in [5, 5.41) is 10.7. The third-order valence-electron chi connectivity index (χ3n) is 4.43. The fourth-order valence-corrected chi connectivity index (χ4v) is 4.35. The monoisotopic (exact) mass is 459 g/mol. The number of halogens is 1. The van der Waals surface area contributed by atoms with E-state index in [2.05, 4.69) is 18.4 Å². The first-order chi connectivity index (χ1) is 13.4. The van der Waals surface area contributed by atoms with Gasteiger partial charge in [0.15, 0.2) is 0 Å².